The smallest absolute Gasteiger partial charge is 0.275 e. The number of sulfone groups is 1. The molecule has 2 rings (SSSR count). The largest absolute Gasteiger partial charge is 0.497 e. The topological polar surface area (TPSA) is 72.5 Å². The Bertz CT molecular complexity index is 589. The molecule has 0 spiro atoms. The Morgan fingerprint density at radius 3 is 2.53 bits per heavy atom. The highest BCUT2D eigenvalue weighted by Gasteiger charge is 2.44. The molecular formula is C11H13NO4S. The summed E-state index contributed by atoms with van der Waals surface area (Å²) < 4.78 is 29.0. The summed E-state index contributed by atoms with van der Waals surface area (Å²) in [5.74, 6) is 0.404. The molecule has 1 N–H and O–H groups in total. The minimum atomic E-state index is -3.94. The molecule has 0 unspecified atom stereocenters. The summed E-state index contributed by atoms with van der Waals surface area (Å²) in [5.41, 5.74) is -0.684. The van der Waals surface area contributed by atoms with Gasteiger partial charge in [0, 0.05) is 6.07 Å². The highest BCUT2D eigenvalue weighted by atomic mass is 32.2. The van der Waals surface area contributed by atoms with Crippen LogP contribution in [0.2, 0.25) is 0 Å². The molecule has 1 aliphatic rings. The van der Waals surface area contributed by atoms with Crippen LogP contribution < -0.4 is 10.1 Å². The van der Waals surface area contributed by atoms with Crippen molar-refractivity contribution in [3.05, 3.63) is 18.2 Å². The third-order valence-electron chi connectivity index (χ3n) is 2.68. The molecule has 1 aliphatic heterocycles. The van der Waals surface area contributed by atoms with E-state index in [1.165, 1.54) is 13.2 Å². The van der Waals surface area contributed by atoms with E-state index in [9.17, 15) is 13.2 Å². The van der Waals surface area contributed by atoms with Gasteiger partial charge in [-0.05, 0) is 26.0 Å². The highest BCUT2D eigenvalue weighted by Crippen LogP contribution is 2.35. The fourth-order valence-corrected chi connectivity index (χ4v) is 3.38. The summed E-state index contributed by atoms with van der Waals surface area (Å²) in [7, 11) is -2.50. The summed E-state index contributed by atoms with van der Waals surface area (Å²) in [5, 5.41) is 2.08. The maximum atomic E-state index is 12.0. The monoisotopic (exact) mass is 255 g/mol. The predicted octanol–water partition coefficient (Wildman–Crippen LogP) is 1.20. The van der Waals surface area contributed by atoms with Crippen LogP contribution in [-0.2, 0) is 14.6 Å². The number of anilines is 1. The Morgan fingerprint density at radius 2 is 1.94 bits per heavy atom. The van der Waals surface area contributed by atoms with Crippen LogP contribution in [0.15, 0.2) is 23.1 Å². The molecule has 0 saturated heterocycles. The summed E-state index contributed by atoms with van der Waals surface area (Å²) >= 11 is 0. The number of ether oxygens (including phenoxy) is 1. The SMILES string of the molecule is COc1ccc2c(c1)S(=O)(=O)C(=O)C(C)(C)N2. The number of rotatable bonds is 1. The van der Waals surface area contributed by atoms with E-state index < -0.39 is 20.5 Å². The van der Waals surface area contributed by atoms with E-state index in [0.717, 1.165) is 0 Å². The Balaban J connectivity index is 2.71. The van der Waals surface area contributed by atoms with Crippen molar-refractivity contribution in [3.63, 3.8) is 0 Å². The van der Waals surface area contributed by atoms with Crippen LogP contribution in [-0.4, -0.2) is 26.2 Å². The van der Waals surface area contributed by atoms with E-state index in [1.807, 2.05) is 0 Å². The van der Waals surface area contributed by atoms with Crippen LogP contribution in [0.1, 0.15) is 13.8 Å². The standard InChI is InChI=1S/C11H13NO4S/c1-11(2)10(13)17(14,15)9-6-7(16-3)4-5-8(9)12-11/h4-6,12H,1-3H3. The van der Waals surface area contributed by atoms with Gasteiger partial charge in [0.2, 0.25) is 9.84 Å². The number of hydrogen-bond donors (Lipinski definition) is 1. The van der Waals surface area contributed by atoms with Crippen LogP contribution in [0.5, 0.6) is 5.75 Å². The van der Waals surface area contributed by atoms with Crippen LogP contribution in [0.3, 0.4) is 0 Å². The molecule has 0 aliphatic carbocycles. The first-order valence-electron chi connectivity index (χ1n) is 5.05. The lowest BCUT2D eigenvalue weighted by atomic mass is 10.1. The molecule has 0 radical (unpaired) electrons. The first-order valence-corrected chi connectivity index (χ1v) is 6.53. The lowest BCUT2D eigenvalue weighted by Crippen LogP contribution is -2.48. The molecule has 0 fully saturated rings. The second kappa shape index (κ2) is 3.46. The van der Waals surface area contributed by atoms with Gasteiger partial charge in [-0.15, -0.1) is 0 Å². The zero-order chi connectivity index (χ0) is 12.8. The first-order chi connectivity index (χ1) is 7.79. The molecule has 0 aromatic heterocycles. The Kier molecular flexibility index (Phi) is 2.43. The van der Waals surface area contributed by atoms with Crippen molar-refractivity contribution in [2.75, 3.05) is 12.4 Å². The average Bonchev–Trinajstić information content (AvgIpc) is 2.26. The van der Waals surface area contributed by atoms with Crippen LogP contribution in [0.4, 0.5) is 5.69 Å². The molecule has 92 valence electrons. The minimum absolute atomic E-state index is 0.0267. The van der Waals surface area contributed by atoms with E-state index in [1.54, 1.807) is 26.0 Å². The lowest BCUT2D eigenvalue weighted by molar-refractivity contribution is -0.114. The fraction of sp³-hybridized carbons (Fsp3) is 0.364. The third kappa shape index (κ3) is 1.68. The van der Waals surface area contributed by atoms with E-state index in [0.29, 0.717) is 11.4 Å². The van der Waals surface area contributed by atoms with Gasteiger partial charge in [0.25, 0.3) is 5.12 Å². The van der Waals surface area contributed by atoms with Gasteiger partial charge in [0.15, 0.2) is 0 Å². The van der Waals surface area contributed by atoms with Crippen LogP contribution in [0, 0.1) is 0 Å². The van der Waals surface area contributed by atoms with Crippen molar-refractivity contribution in [3.8, 4) is 5.75 Å². The van der Waals surface area contributed by atoms with Crippen molar-refractivity contribution < 1.29 is 17.9 Å². The number of hydrogen-bond acceptors (Lipinski definition) is 5. The summed E-state index contributed by atoms with van der Waals surface area (Å²) in [6, 6.07) is 4.60. The lowest BCUT2D eigenvalue weighted by Gasteiger charge is -2.31. The molecule has 0 amide bonds. The Hall–Kier alpha value is -1.56. The minimum Gasteiger partial charge on any atom is -0.497 e. The molecule has 1 heterocycles. The summed E-state index contributed by atoms with van der Waals surface area (Å²) in [6.45, 7) is 3.08. The second-order valence-corrected chi connectivity index (χ2v) is 6.22. The zero-order valence-electron chi connectivity index (χ0n) is 9.77. The van der Waals surface area contributed by atoms with Gasteiger partial charge in [-0.1, -0.05) is 0 Å². The van der Waals surface area contributed by atoms with E-state index in [-0.39, 0.29) is 4.90 Å². The summed E-state index contributed by atoms with van der Waals surface area (Å²) in [6.07, 6.45) is 0. The van der Waals surface area contributed by atoms with Gasteiger partial charge in [0.05, 0.1) is 12.8 Å². The molecule has 1 aromatic carbocycles. The molecule has 5 nitrogen and oxygen atoms in total. The van der Waals surface area contributed by atoms with Crippen LogP contribution >= 0.6 is 0 Å². The van der Waals surface area contributed by atoms with Crippen molar-refractivity contribution in [2.24, 2.45) is 0 Å². The van der Waals surface area contributed by atoms with Crippen molar-refractivity contribution >= 4 is 20.6 Å². The van der Waals surface area contributed by atoms with E-state index in [4.69, 9.17) is 4.74 Å². The molecular weight excluding hydrogens is 242 g/mol. The maximum Gasteiger partial charge on any atom is 0.275 e. The second-order valence-electron chi connectivity index (χ2n) is 4.40. The third-order valence-corrected chi connectivity index (χ3v) is 4.60. The number of benzene rings is 1. The molecule has 0 bridgehead atoms. The van der Waals surface area contributed by atoms with Gasteiger partial charge < -0.3 is 10.1 Å². The van der Waals surface area contributed by atoms with Crippen molar-refractivity contribution in [1.29, 1.82) is 0 Å². The molecule has 0 atom stereocenters. The van der Waals surface area contributed by atoms with Crippen molar-refractivity contribution in [2.45, 2.75) is 24.3 Å². The van der Waals surface area contributed by atoms with Gasteiger partial charge in [-0.2, -0.15) is 0 Å². The molecule has 1 aromatic rings. The average molecular weight is 255 g/mol. The fourth-order valence-electron chi connectivity index (χ4n) is 1.78. The van der Waals surface area contributed by atoms with E-state index in [2.05, 4.69) is 5.32 Å². The van der Waals surface area contributed by atoms with Gasteiger partial charge in [-0.3, -0.25) is 4.79 Å². The number of nitrogens with one attached hydrogen (secondary N) is 1. The Labute approximate surface area is 99.7 Å². The van der Waals surface area contributed by atoms with Gasteiger partial charge in [0.1, 0.15) is 16.2 Å². The predicted molar refractivity (Wildman–Crippen MR) is 62.9 cm³/mol. The normalized spacial score (nSPS) is 20.3. The van der Waals surface area contributed by atoms with Gasteiger partial charge in [-0.25, -0.2) is 8.42 Å². The Morgan fingerprint density at radius 1 is 1.29 bits per heavy atom. The van der Waals surface area contributed by atoms with Crippen molar-refractivity contribution in [1.82, 2.24) is 0 Å². The molecule has 17 heavy (non-hydrogen) atoms. The summed E-state index contributed by atoms with van der Waals surface area (Å²) in [4.78, 5) is 11.8. The van der Waals surface area contributed by atoms with Gasteiger partial charge >= 0.3 is 0 Å². The van der Waals surface area contributed by atoms with Crippen LogP contribution in [0.25, 0.3) is 0 Å². The van der Waals surface area contributed by atoms with E-state index >= 15 is 0 Å². The first kappa shape index (κ1) is 11.9. The quantitative estimate of drug-likeness (QED) is 0.816. The molecule has 0 saturated carbocycles. The maximum absolute atomic E-state index is 12.0. The number of carbonyl (C=O) groups is 1. The zero-order valence-corrected chi connectivity index (χ0v) is 10.6. The number of carbonyl (C=O) groups excluding carboxylic acids is 1. The number of methoxy groups -OCH3 is 1. The number of fused-ring (bicyclic) bond motifs is 1. The highest BCUT2D eigenvalue weighted by molar-refractivity contribution is 8.06. The molecule has 6 heteroatoms.